The van der Waals surface area contributed by atoms with Crippen molar-refractivity contribution in [3.8, 4) is 0 Å². The van der Waals surface area contributed by atoms with Crippen LogP contribution in [-0.4, -0.2) is 18.5 Å². The van der Waals surface area contributed by atoms with E-state index in [1.54, 1.807) is 31.2 Å². The molecule has 0 spiro atoms. The molecule has 22 heavy (non-hydrogen) atoms. The van der Waals surface area contributed by atoms with Gasteiger partial charge in [0.05, 0.1) is 12.2 Å². The molecule has 0 saturated heterocycles. The molecule has 2 aromatic rings. The molecule has 0 bridgehead atoms. The van der Waals surface area contributed by atoms with Crippen molar-refractivity contribution in [3.05, 3.63) is 50.3 Å². The van der Waals surface area contributed by atoms with Crippen LogP contribution in [-0.2, 0) is 4.74 Å². The number of thiophene rings is 1. The van der Waals surface area contributed by atoms with Gasteiger partial charge in [-0.05, 0) is 50.6 Å². The van der Waals surface area contributed by atoms with Crippen molar-refractivity contribution in [2.75, 3.05) is 11.9 Å². The highest BCUT2D eigenvalue weighted by molar-refractivity contribution is 9.10. The summed E-state index contributed by atoms with van der Waals surface area (Å²) in [7, 11) is 0. The number of anilines is 1. The predicted octanol–water partition coefficient (Wildman–Crippen LogP) is 4.56. The molecule has 2 rings (SSSR count). The standard InChI is InChI=1S/C16H16BrNO3S/c1-4-21-16(20)13-9(2)10(3)22-15(13)18-14(19)11-5-7-12(17)8-6-11/h5-8H,4H2,1-3H3,(H,18,19). The molecule has 1 amide bonds. The van der Waals surface area contributed by atoms with Crippen LogP contribution in [0.5, 0.6) is 0 Å². The SMILES string of the molecule is CCOC(=O)c1c(NC(=O)c2ccc(Br)cc2)sc(C)c1C. The van der Waals surface area contributed by atoms with E-state index in [2.05, 4.69) is 21.2 Å². The van der Waals surface area contributed by atoms with Crippen molar-refractivity contribution in [3.63, 3.8) is 0 Å². The molecule has 116 valence electrons. The summed E-state index contributed by atoms with van der Waals surface area (Å²) in [6, 6.07) is 7.03. The summed E-state index contributed by atoms with van der Waals surface area (Å²) >= 11 is 4.71. The Hall–Kier alpha value is -1.66. The molecule has 0 saturated carbocycles. The van der Waals surface area contributed by atoms with Crippen LogP contribution in [0.1, 0.15) is 38.1 Å². The number of benzene rings is 1. The molecule has 0 fully saturated rings. The average Bonchev–Trinajstić information content (AvgIpc) is 2.74. The highest BCUT2D eigenvalue weighted by Crippen LogP contribution is 2.33. The van der Waals surface area contributed by atoms with E-state index in [1.165, 1.54) is 11.3 Å². The van der Waals surface area contributed by atoms with Crippen LogP contribution in [0.2, 0.25) is 0 Å². The van der Waals surface area contributed by atoms with Crippen LogP contribution in [0.3, 0.4) is 0 Å². The summed E-state index contributed by atoms with van der Waals surface area (Å²) in [6.07, 6.45) is 0. The molecule has 4 nitrogen and oxygen atoms in total. The summed E-state index contributed by atoms with van der Waals surface area (Å²) < 4.78 is 5.98. The molecule has 1 aromatic carbocycles. The minimum absolute atomic E-state index is 0.251. The number of esters is 1. The Morgan fingerprint density at radius 2 is 1.86 bits per heavy atom. The van der Waals surface area contributed by atoms with Gasteiger partial charge in [-0.1, -0.05) is 15.9 Å². The Balaban J connectivity index is 2.29. The molecular formula is C16H16BrNO3S. The summed E-state index contributed by atoms with van der Waals surface area (Å²) in [4.78, 5) is 25.4. The largest absolute Gasteiger partial charge is 0.462 e. The van der Waals surface area contributed by atoms with Gasteiger partial charge in [-0.2, -0.15) is 0 Å². The zero-order valence-electron chi connectivity index (χ0n) is 12.5. The molecule has 0 atom stereocenters. The molecule has 6 heteroatoms. The van der Waals surface area contributed by atoms with Gasteiger partial charge in [-0.25, -0.2) is 4.79 Å². The van der Waals surface area contributed by atoms with E-state index < -0.39 is 5.97 Å². The molecule has 0 aliphatic heterocycles. The van der Waals surface area contributed by atoms with Gasteiger partial charge in [0.25, 0.3) is 5.91 Å². The normalized spacial score (nSPS) is 10.4. The highest BCUT2D eigenvalue weighted by atomic mass is 79.9. The minimum atomic E-state index is -0.407. The van der Waals surface area contributed by atoms with E-state index in [9.17, 15) is 9.59 Å². The fourth-order valence-electron chi connectivity index (χ4n) is 1.94. The zero-order valence-corrected chi connectivity index (χ0v) is 14.9. The second-order valence-corrected chi connectivity index (χ2v) is 6.81. The number of carbonyl (C=O) groups excluding carboxylic acids is 2. The van der Waals surface area contributed by atoms with E-state index in [1.807, 2.05) is 13.8 Å². The smallest absolute Gasteiger partial charge is 0.341 e. The second-order valence-electron chi connectivity index (χ2n) is 4.67. The van der Waals surface area contributed by atoms with E-state index in [0.29, 0.717) is 22.7 Å². The Labute approximate surface area is 141 Å². The number of nitrogens with one attached hydrogen (secondary N) is 1. The quantitative estimate of drug-likeness (QED) is 0.789. The lowest BCUT2D eigenvalue weighted by Crippen LogP contribution is -2.14. The van der Waals surface area contributed by atoms with Crippen LogP contribution in [0.4, 0.5) is 5.00 Å². The van der Waals surface area contributed by atoms with Crippen molar-refractivity contribution in [2.24, 2.45) is 0 Å². The Morgan fingerprint density at radius 3 is 2.45 bits per heavy atom. The van der Waals surface area contributed by atoms with Crippen molar-refractivity contribution < 1.29 is 14.3 Å². The number of hydrogen-bond donors (Lipinski definition) is 1. The number of carbonyl (C=O) groups is 2. The van der Waals surface area contributed by atoms with Gasteiger partial charge in [-0.15, -0.1) is 11.3 Å². The molecule has 1 N–H and O–H groups in total. The molecular weight excluding hydrogens is 366 g/mol. The first kappa shape index (κ1) is 16.7. The number of amides is 1. The van der Waals surface area contributed by atoms with Gasteiger partial charge in [0.15, 0.2) is 0 Å². The van der Waals surface area contributed by atoms with Gasteiger partial charge in [0, 0.05) is 14.9 Å². The number of hydrogen-bond acceptors (Lipinski definition) is 4. The van der Waals surface area contributed by atoms with Crippen molar-refractivity contribution in [1.29, 1.82) is 0 Å². The molecule has 0 aliphatic carbocycles. The van der Waals surface area contributed by atoms with Crippen LogP contribution < -0.4 is 5.32 Å². The van der Waals surface area contributed by atoms with Gasteiger partial charge in [0.2, 0.25) is 0 Å². The van der Waals surface area contributed by atoms with Crippen molar-refractivity contribution in [1.82, 2.24) is 0 Å². The topological polar surface area (TPSA) is 55.4 Å². The van der Waals surface area contributed by atoms with Crippen LogP contribution in [0, 0.1) is 13.8 Å². The van der Waals surface area contributed by atoms with E-state index in [-0.39, 0.29) is 5.91 Å². The maximum Gasteiger partial charge on any atom is 0.341 e. The van der Waals surface area contributed by atoms with Crippen LogP contribution in [0.15, 0.2) is 28.7 Å². The third-order valence-corrected chi connectivity index (χ3v) is 4.85. The van der Waals surface area contributed by atoms with Crippen molar-refractivity contribution in [2.45, 2.75) is 20.8 Å². The number of aryl methyl sites for hydroxylation is 1. The lowest BCUT2D eigenvalue weighted by atomic mass is 10.1. The van der Waals surface area contributed by atoms with Gasteiger partial charge >= 0.3 is 5.97 Å². The Kier molecular flexibility index (Phi) is 5.37. The first-order valence-corrected chi connectivity index (χ1v) is 8.39. The van der Waals surface area contributed by atoms with E-state index in [4.69, 9.17) is 4.74 Å². The van der Waals surface area contributed by atoms with E-state index in [0.717, 1.165) is 14.9 Å². The maximum atomic E-state index is 12.3. The maximum absolute atomic E-state index is 12.3. The Bertz CT molecular complexity index is 707. The molecule has 1 aromatic heterocycles. The monoisotopic (exact) mass is 381 g/mol. The molecule has 0 unspecified atom stereocenters. The number of rotatable bonds is 4. The molecule has 0 radical (unpaired) electrons. The summed E-state index contributed by atoms with van der Waals surface area (Å²) in [5.41, 5.74) is 1.81. The first-order valence-electron chi connectivity index (χ1n) is 6.78. The average molecular weight is 382 g/mol. The summed E-state index contributed by atoms with van der Waals surface area (Å²) in [6.45, 7) is 5.82. The first-order chi connectivity index (χ1) is 10.4. The summed E-state index contributed by atoms with van der Waals surface area (Å²) in [5, 5.41) is 3.34. The predicted molar refractivity (Wildman–Crippen MR) is 91.8 cm³/mol. The fraction of sp³-hybridized carbons (Fsp3) is 0.250. The zero-order chi connectivity index (χ0) is 16.3. The fourth-order valence-corrected chi connectivity index (χ4v) is 3.25. The van der Waals surface area contributed by atoms with Gasteiger partial charge in [0.1, 0.15) is 5.00 Å². The van der Waals surface area contributed by atoms with Crippen LogP contribution in [0.25, 0.3) is 0 Å². The number of ether oxygens (including phenoxy) is 1. The Morgan fingerprint density at radius 1 is 1.23 bits per heavy atom. The van der Waals surface area contributed by atoms with Gasteiger partial charge in [-0.3, -0.25) is 4.79 Å². The van der Waals surface area contributed by atoms with Gasteiger partial charge < -0.3 is 10.1 Å². The lowest BCUT2D eigenvalue weighted by Gasteiger charge is -2.07. The third kappa shape index (κ3) is 3.56. The van der Waals surface area contributed by atoms with Crippen LogP contribution >= 0.6 is 27.3 Å². The number of halogens is 1. The van der Waals surface area contributed by atoms with E-state index >= 15 is 0 Å². The summed E-state index contributed by atoms with van der Waals surface area (Å²) in [5.74, 6) is -0.658. The highest BCUT2D eigenvalue weighted by Gasteiger charge is 2.22. The molecule has 1 heterocycles. The van der Waals surface area contributed by atoms with Crippen molar-refractivity contribution >= 4 is 44.1 Å². The third-order valence-electron chi connectivity index (χ3n) is 3.20. The molecule has 0 aliphatic rings. The minimum Gasteiger partial charge on any atom is -0.462 e. The lowest BCUT2D eigenvalue weighted by molar-refractivity contribution is 0.0527. The second kappa shape index (κ2) is 7.07.